The summed E-state index contributed by atoms with van der Waals surface area (Å²) in [5.41, 5.74) is 0. The first kappa shape index (κ1) is 24.3. The Labute approximate surface area is 178 Å². The van der Waals surface area contributed by atoms with E-state index < -0.39 is 11.9 Å². The molecule has 8 heteroatoms. The van der Waals surface area contributed by atoms with Crippen LogP contribution < -0.4 is 5.32 Å². The van der Waals surface area contributed by atoms with Crippen LogP contribution >= 0.6 is 0 Å². The van der Waals surface area contributed by atoms with Crippen LogP contribution in [-0.4, -0.2) is 58.5 Å². The third-order valence-corrected chi connectivity index (χ3v) is 6.04. The predicted molar refractivity (Wildman–Crippen MR) is 111 cm³/mol. The molecular weight excluding hydrogens is 388 g/mol. The van der Waals surface area contributed by atoms with Gasteiger partial charge in [-0.3, -0.25) is 19.6 Å². The molecule has 0 saturated carbocycles. The lowest BCUT2D eigenvalue weighted by molar-refractivity contribution is -0.169. The van der Waals surface area contributed by atoms with Gasteiger partial charge in [-0.15, -0.1) is 0 Å². The molecule has 2 rings (SSSR count). The molecule has 30 heavy (non-hydrogen) atoms. The van der Waals surface area contributed by atoms with Gasteiger partial charge in [0.2, 0.25) is 11.8 Å². The molecule has 2 amide bonds. The number of hydrogen-bond donors (Lipinski definition) is 3. The number of carbonyl (C=O) groups excluding carboxylic acids is 2. The standard InChI is InChI=1S/C22H36N2O6/c1-2-3-6-10-21(26)24(29)15-20(25)23-14-17-16(18-12-13-19(17)30-18)9-7-4-5-8-11-22(27)28/h4,7,16-19,29H,2-3,5-6,8-15H2,1H3,(H,23,25)(H,27,28)/b7-4-/t16-,17+,18-,19+/m0/s1. The largest absolute Gasteiger partial charge is 0.481 e. The summed E-state index contributed by atoms with van der Waals surface area (Å²) in [6, 6.07) is 0. The first-order chi connectivity index (χ1) is 14.4. The molecule has 2 aliphatic heterocycles. The van der Waals surface area contributed by atoms with E-state index in [1.807, 2.05) is 13.0 Å². The van der Waals surface area contributed by atoms with Crippen LogP contribution in [0.3, 0.4) is 0 Å². The zero-order valence-electron chi connectivity index (χ0n) is 17.9. The fourth-order valence-electron chi connectivity index (χ4n) is 4.39. The molecule has 0 aromatic heterocycles. The molecule has 2 fully saturated rings. The Morgan fingerprint density at radius 1 is 1.07 bits per heavy atom. The Kier molecular flexibility index (Phi) is 10.3. The van der Waals surface area contributed by atoms with Crippen LogP contribution in [0.1, 0.15) is 71.1 Å². The van der Waals surface area contributed by atoms with Crippen molar-refractivity contribution < 1.29 is 29.4 Å². The number of amides is 2. The minimum atomic E-state index is -0.773. The summed E-state index contributed by atoms with van der Waals surface area (Å²) in [4.78, 5) is 34.6. The van der Waals surface area contributed by atoms with E-state index >= 15 is 0 Å². The third kappa shape index (κ3) is 7.72. The molecular formula is C22H36N2O6. The van der Waals surface area contributed by atoms with E-state index in [1.165, 1.54) is 0 Å². The van der Waals surface area contributed by atoms with Gasteiger partial charge in [-0.25, -0.2) is 5.06 Å². The van der Waals surface area contributed by atoms with Crippen molar-refractivity contribution >= 4 is 17.8 Å². The molecule has 0 aromatic rings. The maximum Gasteiger partial charge on any atom is 0.303 e. The van der Waals surface area contributed by atoms with Crippen LogP contribution in [0.4, 0.5) is 0 Å². The number of hydrogen-bond acceptors (Lipinski definition) is 5. The second kappa shape index (κ2) is 12.7. The van der Waals surface area contributed by atoms with Crippen molar-refractivity contribution in [3.8, 4) is 0 Å². The van der Waals surface area contributed by atoms with Gasteiger partial charge in [-0.2, -0.15) is 0 Å². The Hall–Kier alpha value is -1.93. The molecule has 2 aliphatic rings. The number of aliphatic carboxylic acids is 1. The molecule has 2 bridgehead atoms. The first-order valence-electron chi connectivity index (χ1n) is 11.2. The van der Waals surface area contributed by atoms with Gasteiger partial charge in [-0.05, 0) is 44.4 Å². The fourth-order valence-corrected chi connectivity index (χ4v) is 4.39. The highest BCUT2D eigenvalue weighted by Gasteiger charge is 2.48. The Morgan fingerprint density at radius 2 is 1.80 bits per heavy atom. The van der Waals surface area contributed by atoms with Gasteiger partial charge >= 0.3 is 5.97 Å². The molecule has 0 aliphatic carbocycles. The van der Waals surface area contributed by atoms with Crippen LogP contribution in [0.25, 0.3) is 0 Å². The lowest BCUT2D eigenvalue weighted by atomic mass is 9.77. The molecule has 0 aromatic carbocycles. The summed E-state index contributed by atoms with van der Waals surface area (Å²) >= 11 is 0. The highest BCUT2D eigenvalue weighted by molar-refractivity contribution is 5.83. The summed E-state index contributed by atoms with van der Waals surface area (Å²) in [6.45, 7) is 2.16. The minimum Gasteiger partial charge on any atom is -0.481 e. The Bertz CT molecular complexity index is 608. The van der Waals surface area contributed by atoms with Gasteiger partial charge in [0.1, 0.15) is 6.54 Å². The van der Waals surface area contributed by atoms with Crippen LogP contribution in [0.5, 0.6) is 0 Å². The van der Waals surface area contributed by atoms with Gasteiger partial charge in [0, 0.05) is 25.3 Å². The zero-order valence-corrected chi connectivity index (χ0v) is 17.9. The Morgan fingerprint density at radius 3 is 2.50 bits per heavy atom. The molecule has 170 valence electrons. The average Bonchev–Trinajstić information content (AvgIpc) is 3.30. The number of hydroxylamine groups is 2. The van der Waals surface area contributed by atoms with Gasteiger partial charge in [0.25, 0.3) is 0 Å². The quantitative estimate of drug-likeness (QED) is 0.171. The number of nitrogens with one attached hydrogen (secondary N) is 1. The number of carboxylic acid groups (broad SMARTS) is 1. The molecule has 3 N–H and O–H groups in total. The maximum atomic E-state index is 12.2. The van der Waals surface area contributed by atoms with E-state index in [9.17, 15) is 19.6 Å². The smallest absolute Gasteiger partial charge is 0.303 e. The van der Waals surface area contributed by atoms with Crippen molar-refractivity contribution in [1.29, 1.82) is 0 Å². The van der Waals surface area contributed by atoms with E-state index in [4.69, 9.17) is 9.84 Å². The lowest BCUT2D eigenvalue weighted by Gasteiger charge is -2.27. The number of carboxylic acids is 1. The van der Waals surface area contributed by atoms with E-state index in [0.29, 0.717) is 30.4 Å². The Balaban J connectivity index is 1.73. The predicted octanol–water partition coefficient (Wildman–Crippen LogP) is 2.90. The normalized spacial score (nSPS) is 25.0. The van der Waals surface area contributed by atoms with Crippen LogP contribution in [0, 0.1) is 11.8 Å². The summed E-state index contributed by atoms with van der Waals surface area (Å²) < 4.78 is 6.04. The summed E-state index contributed by atoms with van der Waals surface area (Å²) in [5, 5.41) is 21.9. The maximum absolute atomic E-state index is 12.2. The summed E-state index contributed by atoms with van der Waals surface area (Å²) in [7, 11) is 0. The van der Waals surface area contributed by atoms with E-state index in [-0.39, 0.29) is 43.4 Å². The lowest BCUT2D eigenvalue weighted by Crippen LogP contribution is -2.43. The van der Waals surface area contributed by atoms with Crippen LogP contribution in [0.15, 0.2) is 12.2 Å². The molecule has 8 nitrogen and oxygen atoms in total. The SMILES string of the molecule is CCCCCC(=O)N(O)CC(=O)NC[C@@H]1[C@H](C/C=C\CCCC(=O)O)[C@@H]2CC[C@H]1O2. The van der Waals surface area contributed by atoms with Crippen molar-refractivity contribution in [3.63, 3.8) is 0 Å². The number of fused-ring (bicyclic) bond motifs is 2. The molecule has 4 atom stereocenters. The number of carbonyl (C=O) groups is 3. The number of nitrogens with zero attached hydrogens (tertiary/aromatic N) is 1. The topological polar surface area (TPSA) is 116 Å². The number of unbranched alkanes of at least 4 members (excludes halogenated alkanes) is 3. The molecule has 0 spiro atoms. The van der Waals surface area contributed by atoms with Crippen molar-refractivity contribution in [1.82, 2.24) is 10.4 Å². The molecule has 2 heterocycles. The van der Waals surface area contributed by atoms with Gasteiger partial charge < -0.3 is 15.2 Å². The molecule has 2 saturated heterocycles. The van der Waals surface area contributed by atoms with Crippen LogP contribution in [-0.2, 0) is 19.1 Å². The molecule has 0 unspecified atom stereocenters. The monoisotopic (exact) mass is 424 g/mol. The first-order valence-corrected chi connectivity index (χ1v) is 11.2. The van der Waals surface area contributed by atoms with Gasteiger partial charge in [-0.1, -0.05) is 31.9 Å². The van der Waals surface area contributed by atoms with Gasteiger partial charge in [0.15, 0.2) is 0 Å². The number of rotatable bonds is 14. The number of allylic oxidation sites excluding steroid dienone is 2. The van der Waals surface area contributed by atoms with Crippen molar-refractivity contribution in [3.05, 3.63) is 12.2 Å². The minimum absolute atomic E-state index is 0.140. The van der Waals surface area contributed by atoms with Crippen molar-refractivity contribution in [2.45, 2.75) is 83.3 Å². The highest BCUT2D eigenvalue weighted by Crippen LogP contribution is 2.44. The third-order valence-electron chi connectivity index (χ3n) is 6.04. The fraction of sp³-hybridized carbons (Fsp3) is 0.773. The van der Waals surface area contributed by atoms with E-state index in [0.717, 1.165) is 38.5 Å². The average molecular weight is 425 g/mol. The molecule has 0 radical (unpaired) electrons. The highest BCUT2D eigenvalue weighted by atomic mass is 16.5. The summed E-state index contributed by atoms with van der Waals surface area (Å²) in [6.07, 6.45) is 11.8. The van der Waals surface area contributed by atoms with E-state index in [2.05, 4.69) is 11.4 Å². The van der Waals surface area contributed by atoms with Crippen LogP contribution in [0.2, 0.25) is 0 Å². The number of ether oxygens (including phenoxy) is 1. The second-order valence-corrected chi connectivity index (χ2v) is 8.32. The van der Waals surface area contributed by atoms with Crippen molar-refractivity contribution in [2.24, 2.45) is 11.8 Å². The second-order valence-electron chi connectivity index (χ2n) is 8.32. The van der Waals surface area contributed by atoms with E-state index in [1.54, 1.807) is 0 Å². The summed E-state index contributed by atoms with van der Waals surface area (Å²) in [5.74, 6) is -1.03. The zero-order chi connectivity index (χ0) is 21.9. The van der Waals surface area contributed by atoms with Crippen molar-refractivity contribution in [2.75, 3.05) is 13.1 Å². The van der Waals surface area contributed by atoms with Gasteiger partial charge in [0.05, 0.1) is 12.2 Å².